The molecule has 3 N–H and O–H groups in total. The maximum Gasteiger partial charge on any atom is 0.251 e. The van der Waals surface area contributed by atoms with E-state index in [0.717, 1.165) is 23.2 Å². The fourth-order valence-electron chi connectivity index (χ4n) is 1.90. The Morgan fingerprint density at radius 1 is 1.11 bits per heavy atom. The van der Waals surface area contributed by atoms with E-state index in [1.807, 2.05) is 55.5 Å². The van der Waals surface area contributed by atoms with Gasteiger partial charge in [0.25, 0.3) is 5.91 Å². The molecule has 0 spiro atoms. The number of nitrogens with two attached hydrogens (primary N) is 1. The van der Waals surface area contributed by atoms with Gasteiger partial charge < -0.3 is 11.1 Å². The summed E-state index contributed by atoms with van der Waals surface area (Å²) in [7, 11) is 0. The zero-order valence-electron chi connectivity index (χ0n) is 11.0. The third kappa shape index (κ3) is 3.13. The lowest BCUT2D eigenvalue weighted by Crippen LogP contribution is -2.23. The Kier molecular flexibility index (Phi) is 4.18. The van der Waals surface area contributed by atoms with Crippen LogP contribution in [0.1, 0.15) is 23.7 Å². The molecule has 3 nitrogen and oxygen atoms in total. The molecule has 0 radical (unpaired) electrons. The van der Waals surface area contributed by atoms with Crippen molar-refractivity contribution in [3.05, 3.63) is 54.1 Å². The molecule has 0 aromatic heterocycles. The predicted octanol–water partition coefficient (Wildman–Crippen LogP) is 3.08. The summed E-state index contributed by atoms with van der Waals surface area (Å²) in [6.45, 7) is 2.73. The molecule has 98 valence electrons. The van der Waals surface area contributed by atoms with E-state index in [1.54, 1.807) is 0 Å². The fourth-order valence-corrected chi connectivity index (χ4v) is 1.90. The maximum absolute atomic E-state index is 11.8. The molecule has 1 amide bonds. The second-order valence-corrected chi connectivity index (χ2v) is 4.42. The summed E-state index contributed by atoms with van der Waals surface area (Å²) in [5.41, 5.74) is 9.36. The predicted molar refractivity (Wildman–Crippen MR) is 78.9 cm³/mol. The van der Waals surface area contributed by atoms with E-state index < -0.39 is 0 Å². The molecule has 2 aromatic rings. The van der Waals surface area contributed by atoms with Crippen molar-refractivity contribution in [1.82, 2.24) is 5.32 Å². The number of para-hydroxylation sites is 1. The largest absolute Gasteiger partial charge is 0.398 e. The number of rotatable bonds is 4. The normalized spacial score (nSPS) is 10.2. The summed E-state index contributed by atoms with van der Waals surface area (Å²) >= 11 is 0. The Hall–Kier alpha value is -2.29. The number of hydrogen-bond donors (Lipinski definition) is 2. The fraction of sp³-hybridized carbons (Fsp3) is 0.188. The second-order valence-electron chi connectivity index (χ2n) is 4.42. The van der Waals surface area contributed by atoms with Crippen molar-refractivity contribution in [2.24, 2.45) is 0 Å². The summed E-state index contributed by atoms with van der Waals surface area (Å²) in [4.78, 5) is 11.8. The van der Waals surface area contributed by atoms with Crippen molar-refractivity contribution in [2.45, 2.75) is 13.3 Å². The van der Waals surface area contributed by atoms with Crippen molar-refractivity contribution in [1.29, 1.82) is 0 Å². The van der Waals surface area contributed by atoms with Gasteiger partial charge in [0.15, 0.2) is 0 Å². The number of hydrogen-bond acceptors (Lipinski definition) is 2. The smallest absolute Gasteiger partial charge is 0.251 e. The number of nitrogens with one attached hydrogen (secondary N) is 1. The Morgan fingerprint density at radius 3 is 2.42 bits per heavy atom. The van der Waals surface area contributed by atoms with Crippen LogP contribution >= 0.6 is 0 Å². The number of carbonyl (C=O) groups is 1. The lowest BCUT2D eigenvalue weighted by atomic mass is 10.0. The second kappa shape index (κ2) is 6.05. The molecule has 2 rings (SSSR count). The standard InChI is InChI=1S/C16H18N2O/c1-2-11-18-16(19)13-9-7-12(8-10-13)14-5-3-4-6-15(14)17/h3-10H,2,11,17H2,1H3,(H,18,19). The quantitative estimate of drug-likeness (QED) is 0.824. The van der Waals surface area contributed by atoms with Gasteiger partial charge in [-0.3, -0.25) is 4.79 Å². The Labute approximate surface area is 113 Å². The molecular weight excluding hydrogens is 236 g/mol. The molecule has 0 aliphatic carbocycles. The van der Waals surface area contributed by atoms with Crippen molar-refractivity contribution in [3.63, 3.8) is 0 Å². The van der Waals surface area contributed by atoms with Crippen LogP contribution in [0.15, 0.2) is 48.5 Å². The number of nitrogen functional groups attached to an aromatic ring is 1. The summed E-state index contributed by atoms with van der Waals surface area (Å²) in [6.07, 6.45) is 0.935. The van der Waals surface area contributed by atoms with Crippen LogP contribution in [-0.2, 0) is 0 Å². The summed E-state index contributed by atoms with van der Waals surface area (Å²) in [5, 5.41) is 2.86. The first-order valence-electron chi connectivity index (χ1n) is 6.45. The molecule has 0 fully saturated rings. The molecule has 0 atom stereocenters. The van der Waals surface area contributed by atoms with Gasteiger partial charge in [-0.05, 0) is 30.2 Å². The summed E-state index contributed by atoms with van der Waals surface area (Å²) < 4.78 is 0. The molecule has 0 aliphatic rings. The van der Waals surface area contributed by atoms with Crippen LogP contribution in [-0.4, -0.2) is 12.5 Å². The first-order chi connectivity index (χ1) is 9.22. The molecule has 0 bridgehead atoms. The maximum atomic E-state index is 11.8. The van der Waals surface area contributed by atoms with Crippen LogP contribution in [0.2, 0.25) is 0 Å². The van der Waals surface area contributed by atoms with Crippen LogP contribution < -0.4 is 11.1 Å². The van der Waals surface area contributed by atoms with Crippen molar-refractivity contribution in [3.8, 4) is 11.1 Å². The molecule has 0 aliphatic heterocycles. The molecule has 19 heavy (non-hydrogen) atoms. The van der Waals surface area contributed by atoms with Gasteiger partial charge >= 0.3 is 0 Å². The van der Waals surface area contributed by atoms with Crippen molar-refractivity contribution < 1.29 is 4.79 Å². The summed E-state index contributed by atoms with van der Waals surface area (Å²) in [5.74, 6) is -0.0329. The molecular formula is C16H18N2O. The van der Waals surface area contributed by atoms with Crippen LogP contribution in [0.4, 0.5) is 5.69 Å². The van der Waals surface area contributed by atoms with Gasteiger partial charge in [0, 0.05) is 23.4 Å². The van der Waals surface area contributed by atoms with E-state index in [4.69, 9.17) is 5.73 Å². The zero-order chi connectivity index (χ0) is 13.7. The topological polar surface area (TPSA) is 55.1 Å². The first kappa shape index (κ1) is 13.1. The van der Waals surface area contributed by atoms with E-state index in [1.165, 1.54) is 0 Å². The van der Waals surface area contributed by atoms with Gasteiger partial charge in [-0.1, -0.05) is 37.3 Å². The van der Waals surface area contributed by atoms with Gasteiger partial charge in [0.05, 0.1) is 0 Å². The molecule has 0 saturated carbocycles. The van der Waals surface area contributed by atoms with Crippen molar-refractivity contribution in [2.75, 3.05) is 12.3 Å². The molecule has 0 saturated heterocycles. The van der Waals surface area contributed by atoms with E-state index in [-0.39, 0.29) is 5.91 Å². The monoisotopic (exact) mass is 254 g/mol. The number of amides is 1. The van der Waals surface area contributed by atoms with Crippen LogP contribution in [0, 0.1) is 0 Å². The number of carbonyl (C=O) groups excluding carboxylic acids is 1. The Bertz CT molecular complexity index is 561. The molecule has 0 heterocycles. The molecule has 0 unspecified atom stereocenters. The highest BCUT2D eigenvalue weighted by molar-refractivity contribution is 5.94. The Morgan fingerprint density at radius 2 is 1.79 bits per heavy atom. The van der Waals surface area contributed by atoms with Crippen LogP contribution in [0.3, 0.4) is 0 Å². The van der Waals surface area contributed by atoms with Gasteiger partial charge in [-0.2, -0.15) is 0 Å². The highest BCUT2D eigenvalue weighted by Gasteiger charge is 2.06. The first-order valence-corrected chi connectivity index (χ1v) is 6.45. The number of benzene rings is 2. The minimum Gasteiger partial charge on any atom is -0.398 e. The van der Waals surface area contributed by atoms with E-state index in [2.05, 4.69) is 5.32 Å². The van der Waals surface area contributed by atoms with Gasteiger partial charge in [0.1, 0.15) is 0 Å². The van der Waals surface area contributed by atoms with Crippen molar-refractivity contribution >= 4 is 11.6 Å². The summed E-state index contributed by atoms with van der Waals surface area (Å²) in [6, 6.07) is 15.2. The van der Waals surface area contributed by atoms with Crippen LogP contribution in [0.25, 0.3) is 11.1 Å². The SMILES string of the molecule is CCCNC(=O)c1ccc(-c2ccccc2N)cc1. The highest BCUT2D eigenvalue weighted by Crippen LogP contribution is 2.25. The third-order valence-electron chi connectivity index (χ3n) is 2.95. The molecule has 3 heteroatoms. The van der Waals surface area contributed by atoms with E-state index in [0.29, 0.717) is 12.1 Å². The minimum absolute atomic E-state index is 0.0329. The minimum atomic E-state index is -0.0329. The van der Waals surface area contributed by atoms with Gasteiger partial charge in [0.2, 0.25) is 0 Å². The zero-order valence-corrected chi connectivity index (χ0v) is 11.0. The van der Waals surface area contributed by atoms with E-state index >= 15 is 0 Å². The van der Waals surface area contributed by atoms with Gasteiger partial charge in [-0.15, -0.1) is 0 Å². The van der Waals surface area contributed by atoms with Gasteiger partial charge in [-0.25, -0.2) is 0 Å². The van der Waals surface area contributed by atoms with Crippen LogP contribution in [0.5, 0.6) is 0 Å². The van der Waals surface area contributed by atoms with E-state index in [9.17, 15) is 4.79 Å². The molecule has 2 aromatic carbocycles. The Balaban J connectivity index is 2.19. The number of anilines is 1. The average molecular weight is 254 g/mol. The highest BCUT2D eigenvalue weighted by atomic mass is 16.1. The third-order valence-corrected chi connectivity index (χ3v) is 2.95. The average Bonchev–Trinajstić information content (AvgIpc) is 2.45. The lowest BCUT2D eigenvalue weighted by molar-refractivity contribution is 0.0953. The lowest BCUT2D eigenvalue weighted by Gasteiger charge is -2.07.